The van der Waals surface area contributed by atoms with E-state index in [1.165, 1.54) is 38.5 Å². The van der Waals surface area contributed by atoms with Crippen LogP contribution in [-0.2, 0) is 44.7 Å². The van der Waals surface area contributed by atoms with E-state index in [1.807, 2.05) is 44.2 Å². The Balaban J connectivity index is 0.864. The standard InChI is InChI=1S/C56H85NO8/c1-50(2)41(47(58)64-36-37-13-11-10-12-14-37)35-42(50)48(59)65-45-19-22-53(6)43(51(45,3)4)18-23-55(8)44(53)16-15-40-46-39(52(5)25-26-52)17-24-56(46,28-27-54(40,55)7)49(60)57-29-20-38(21-30-57)63-34-33-62-32-31-61-9/h10-14,38-46H,15-36H2,1-9H3/t39-,40-,41+,42-,43+,44-,45+,46-,53+,54-,55-,56+/m1/s1. The summed E-state index contributed by atoms with van der Waals surface area (Å²) in [5.74, 6) is 2.25. The maximum absolute atomic E-state index is 15.3. The number of benzene rings is 1. The van der Waals surface area contributed by atoms with E-state index in [0.717, 1.165) is 70.0 Å². The number of esters is 2. The average molecular weight is 900 g/mol. The molecular weight excluding hydrogens is 815 g/mol. The van der Waals surface area contributed by atoms with Gasteiger partial charge in [-0.25, -0.2) is 0 Å². The highest BCUT2D eigenvalue weighted by Crippen LogP contribution is 2.79. The second-order valence-corrected chi connectivity index (χ2v) is 25.2. The molecule has 1 saturated heterocycles. The summed E-state index contributed by atoms with van der Waals surface area (Å²) in [6.45, 7) is 23.7. The van der Waals surface area contributed by atoms with Gasteiger partial charge in [-0.05, 0) is 159 Å². The lowest BCUT2D eigenvalue weighted by Gasteiger charge is -2.73. The summed E-state index contributed by atoms with van der Waals surface area (Å²) in [5.41, 5.74) is 0.982. The Labute approximate surface area is 391 Å². The number of nitrogens with zero attached hydrogens (tertiary/aromatic N) is 1. The van der Waals surface area contributed by atoms with Crippen LogP contribution in [0.3, 0.4) is 0 Å². The number of carbonyl (C=O) groups is 3. The highest BCUT2D eigenvalue weighted by Gasteiger charge is 2.74. The van der Waals surface area contributed by atoms with E-state index >= 15 is 4.79 Å². The van der Waals surface area contributed by atoms with Crippen LogP contribution in [0.2, 0.25) is 0 Å². The van der Waals surface area contributed by atoms with Crippen molar-refractivity contribution in [1.29, 1.82) is 0 Å². The Bertz CT molecular complexity index is 1900. The van der Waals surface area contributed by atoms with Gasteiger partial charge in [0, 0.05) is 25.6 Å². The lowest BCUT2D eigenvalue weighted by Crippen LogP contribution is -2.68. The van der Waals surface area contributed by atoms with Crippen LogP contribution in [-0.4, -0.2) is 81.6 Å². The molecule has 12 atom stereocenters. The monoisotopic (exact) mass is 900 g/mol. The van der Waals surface area contributed by atoms with Crippen molar-refractivity contribution in [2.24, 2.45) is 79.3 Å². The second kappa shape index (κ2) is 17.5. The summed E-state index contributed by atoms with van der Waals surface area (Å²) in [5, 5.41) is 0. The average Bonchev–Trinajstić information content (AvgIpc) is 3.89. The van der Waals surface area contributed by atoms with Gasteiger partial charge in [0.1, 0.15) is 12.7 Å². The maximum Gasteiger partial charge on any atom is 0.309 e. The zero-order chi connectivity index (χ0) is 46.2. The molecule has 9 rings (SSSR count). The van der Waals surface area contributed by atoms with Gasteiger partial charge >= 0.3 is 11.9 Å². The maximum atomic E-state index is 15.3. The minimum atomic E-state index is -0.512. The first-order valence-electron chi connectivity index (χ1n) is 26.2. The summed E-state index contributed by atoms with van der Waals surface area (Å²) in [6, 6.07) is 9.78. The van der Waals surface area contributed by atoms with Crippen molar-refractivity contribution in [3.05, 3.63) is 35.9 Å². The van der Waals surface area contributed by atoms with E-state index < -0.39 is 5.41 Å². The minimum absolute atomic E-state index is 0.134. The number of hydrogen-bond donors (Lipinski definition) is 0. The largest absolute Gasteiger partial charge is 0.462 e. The van der Waals surface area contributed by atoms with Gasteiger partial charge in [0.25, 0.3) is 0 Å². The fourth-order valence-corrected chi connectivity index (χ4v) is 17.3. The summed E-state index contributed by atoms with van der Waals surface area (Å²) in [6.07, 6.45) is 16.3. The number of ether oxygens (including phenoxy) is 5. The summed E-state index contributed by atoms with van der Waals surface area (Å²) < 4.78 is 29.3. The van der Waals surface area contributed by atoms with Crippen molar-refractivity contribution >= 4 is 17.8 Å². The van der Waals surface area contributed by atoms with E-state index in [0.29, 0.717) is 73.8 Å². The van der Waals surface area contributed by atoms with Gasteiger partial charge in [-0.15, -0.1) is 0 Å². The third-order valence-corrected chi connectivity index (χ3v) is 21.8. The summed E-state index contributed by atoms with van der Waals surface area (Å²) in [4.78, 5) is 44.9. The molecule has 1 aromatic carbocycles. The zero-order valence-corrected chi connectivity index (χ0v) is 41.9. The summed E-state index contributed by atoms with van der Waals surface area (Å²) in [7, 11) is 1.69. The molecule has 8 aliphatic rings. The van der Waals surface area contributed by atoms with Gasteiger partial charge in [-0.2, -0.15) is 0 Å². The molecule has 0 spiro atoms. The van der Waals surface area contributed by atoms with Gasteiger partial charge in [0.05, 0.1) is 49.8 Å². The molecule has 1 aromatic rings. The fourth-order valence-electron chi connectivity index (χ4n) is 17.3. The van der Waals surface area contributed by atoms with E-state index in [-0.39, 0.29) is 69.7 Å². The zero-order valence-electron chi connectivity index (χ0n) is 41.9. The third-order valence-electron chi connectivity index (χ3n) is 21.8. The van der Waals surface area contributed by atoms with Crippen LogP contribution in [0.5, 0.6) is 0 Å². The minimum Gasteiger partial charge on any atom is -0.462 e. The van der Waals surface area contributed by atoms with Crippen LogP contribution in [0.4, 0.5) is 0 Å². The van der Waals surface area contributed by atoms with Crippen LogP contribution >= 0.6 is 0 Å². The highest BCUT2D eigenvalue weighted by molar-refractivity contribution is 5.84. The van der Waals surface area contributed by atoms with Crippen molar-refractivity contribution in [2.75, 3.05) is 46.6 Å². The molecule has 9 heteroatoms. The third kappa shape index (κ3) is 7.86. The molecule has 7 aliphatic carbocycles. The topological polar surface area (TPSA) is 101 Å². The van der Waals surface area contributed by atoms with Crippen LogP contribution < -0.4 is 0 Å². The molecule has 7 saturated carbocycles. The predicted molar refractivity (Wildman–Crippen MR) is 251 cm³/mol. The number of fused-ring (bicyclic) bond motifs is 7. The number of piperidine rings is 1. The van der Waals surface area contributed by atoms with Crippen molar-refractivity contribution in [3.63, 3.8) is 0 Å². The van der Waals surface area contributed by atoms with E-state index in [2.05, 4.69) is 46.4 Å². The molecule has 0 aromatic heterocycles. The Hall–Kier alpha value is -2.49. The Morgan fingerprint density at radius 1 is 0.646 bits per heavy atom. The molecule has 8 fully saturated rings. The molecule has 1 aliphatic heterocycles. The highest BCUT2D eigenvalue weighted by atomic mass is 16.6. The Kier molecular flexibility index (Phi) is 12.8. The quantitative estimate of drug-likeness (QED) is 0.134. The van der Waals surface area contributed by atoms with Gasteiger partial charge in [0.2, 0.25) is 5.91 Å². The molecule has 9 nitrogen and oxygen atoms in total. The van der Waals surface area contributed by atoms with Crippen LogP contribution in [0.15, 0.2) is 30.3 Å². The molecular formula is C56H85NO8. The molecule has 0 N–H and O–H groups in total. The second-order valence-electron chi connectivity index (χ2n) is 25.2. The normalized spacial score (nSPS) is 41.2. The first-order valence-corrected chi connectivity index (χ1v) is 26.2. The Morgan fingerprint density at radius 3 is 2.05 bits per heavy atom. The molecule has 65 heavy (non-hydrogen) atoms. The first-order chi connectivity index (χ1) is 30.9. The van der Waals surface area contributed by atoms with Crippen molar-refractivity contribution in [3.8, 4) is 0 Å². The molecule has 0 bridgehead atoms. The first kappa shape index (κ1) is 47.6. The summed E-state index contributed by atoms with van der Waals surface area (Å²) >= 11 is 0. The lowest BCUT2D eigenvalue weighted by molar-refractivity contribution is -0.253. The molecule has 1 heterocycles. The number of carbonyl (C=O) groups excluding carboxylic acids is 3. The van der Waals surface area contributed by atoms with Gasteiger partial charge in [-0.3, -0.25) is 14.4 Å². The van der Waals surface area contributed by atoms with Crippen LogP contribution in [0, 0.1) is 79.3 Å². The van der Waals surface area contributed by atoms with Gasteiger partial charge in [0.15, 0.2) is 0 Å². The van der Waals surface area contributed by atoms with Crippen molar-refractivity contribution in [2.45, 2.75) is 171 Å². The predicted octanol–water partition coefficient (Wildman–Crippen LogP) is 10.9. The van der Waals surface area contributed by atoms with Crippen molar-refractivity contribution < 1.29 is 38.1 Å². The van der Waals surface area contributed by atoms with E-state index in [9.17, 15) is 9.59 Å². The lowest BCUT2D eigenvalue weighted by atomic mass is 9.32. The van der Waals surface area contributed by atoms with E-state index in [1.54, 1.807) is 7.11 Å². The Morgan fingerprint density at radius 2 is 1.35 bits per heavy atom. The molecule has 1 amide bonds. The number of amides is 1. The molecule has 0 unspecified atom stereocenters. The van der Waals surface area contributed by atoms with Crippen LogP contribution in [0.25, 0.3) is 0 Å². The SMILES string of the molecule is COCCOCCOC1CCN(C(=O)[C@]23CC[C@@H](C4(C)CC4)[C@@H]2[C@H]2CC[C@@H]4[C@@]5(C)CC[C@H](OC(=O)[C@H]6C[C@@H](C(=O)OCc7ccccc7)C6(C)C)C(C)(C)[C@@H]5CC[C@@]4(C)[C@]2(C)CC3)CC1. The number of hydrogen-bond acceptors (Lipinski definition) is 8. The smallest absolute Gasteiger partial charge is 0.309 e. The van der Waals surface area contributed by atoms with Crippen molar-refractivity contribution in [1.82, 2.24) is 4.90 Å². The van der Waals surface area contributed by atoms with E-state index in [4.69, 9.17) is 23.7 Å². The molecule has 0 radical (unpaired) electrons. The number of methoxy groups -OCH3 is 1. The number of likely N-dealkylation sites (tertiary alicyclic amines) is 1. The van der Waals surface area contributed by atoms with Crippen LogP contribution in [0.1, 0.15) is 157 Å². The number of rotatable bonds is 14. The fraction of sp³-hybridized carbons (Fsp3) is 0.839. The van der Waals surface area contributed by atoms with Gasteiger partial charge in [-0.1, -0.05) is 85.7 Å². The van der Waals surface area contributed by atoms with Gasteiger partial charge < -0.3 is 28.6 Å². The molecule has 362 valence electrons.